The van der Waals surface area contributed by atoms with Crippen molar-refractivity contribution in [2.75, 3.05) is 19.6 Å². The van der Waals surface area contributed by atoms with Crippen LogP contribution >= 0.6 is 0 Å². The van der Waals surface area contributed by atoms with Crippen LogP contribution in [0, 0.1) is 5.92 Å². The molecule has 0 bridgehead atoms. The third-order valence-corrected chi connectivity index (χ3v) is 8.14. The van der Waals surface area contributed by atoms with Gasteiger partial charge in [-0.15, -0.1) is 6.58 Å². The van der Waals surface area contributed by atoms with Crippen molar-refractivity contribution in [1.82, 2.24) is 19.5 Å². The van der Waals surface area contributed by atoms with Gasteiger partial charge in [0.25, 0.3) is 0 Å². The van der Waals surface area contributed by atoms with Gasteiger partial charge in [-0.1, -0.05) is 38.1 Å². The molecule has 1 unspecified atom stereocenters. The largest absolute Gasteiger partial charge is 0.319 e. The number of benzene rings is 1. The van der Waals surface area contributed by atoms with Crippen molar-refractivity contribution in [1.29, 1.82) is 0 Å². The summed E-state index contributed by atoms with van der Waals surface area (Å²) in [6.07, 6.45) is 4.41. The summed E-state index contributed by atoms with van der Waals surface area (Å²) in [5, 5.41) is 4.32. The molecule has 2 aliphatic rings. The van der Waals surface area contributed by atoms with Gasteiger partial charge in [-0.2, -0.15) is 4.31 Å². The minimum atomic E-state index is -3.69. The summed E-state index contributed by atoms with van der Waals surface area (Å²) in [7, 11) is -3.69. The number of hydrogen-bond donors (Lipinski definition) is 1. The van der Waals surface area contributed by atoms with E-state index in [2.05, 4.69) is 16.9 Å². The van der Waals surface area contributed by atoms with Crippen LogP contribution in [0.2, 0.25) is 0 Å². The maximum atomic E-state index is 13.4. The van der Waals surface area contributed by atoms with Crippen molar-refractivity contribution >= 4 is 26.8 Å². The summed E-state index contributed by atoms with van der Waals surface area (Å²) in [4.78, 5) is 19.3. The number of rotatable bonds is 5. The van der Waals surface area contributed by atoms with Gasteiger partial charge in [0, 0.05) is 31.2 Å². The molecule has 2 saturated heterocycles. The van der Waals surface area contributed by atoms with Crippen molar-refractivity contribution in [3.63, 3.8) is 0 Å². The first kappa shape index (κ1) is 21.0. The van der Waals surface area contributed by atoms with Crippen molar-refractivity contribution in [3.05, 3.63) is 49.2 Å². The fourth-order valence-electron chi connectivity index (χ4n) is 4.59. The van der Waals surface area contributed by atoms with E-state index >= 15 is 0 Å². The summed E-state index contributed by atoms with van der Waals surface area (Å²) < 4.78 is 28.4. The number of nitrogens with zero attached hydrogens (tertiary/aromatic N) is 3. The number of piperidine rings is 1. The number of carbonyl (C=O) groups is 1. The molecule has 1 aromatic carbocycles. The average molecular weight is 429 g/mol. The first-order chi connectivity index (χ1) is 14.3. The number of fused-ring (bicyclic) bond motifs is 1. The van der Waals surface area contributed by atoms with Gasteiger partial charge in [0.2, 0.25) is 15.9 Å². The monoisotopic (exact) mass is 428 g/mol. The number of carbonyl (C=O) groups excluding carboxylic acids is 1. The molecule has 1 atom stereocenters. The maximum absolute atomic E-state index is 13.4. The number of pyridine rings is 1. The molecule has 0 aliphatic carbocycles. The lowest BCUT2D eigenvalue weighted by atomic mass is 9.97. The predicted molar refractivity (Wildman–Crippen MR) is 116 cm³/mol. The standard InChI is InChI=1S/C22H28N4O3S/c1-4-13-26-21(27)19(16(2)3)24-22(26)10-14-25(15-11-22)30(28,29)18-9-5-7-17-8-6-12-23-20(17)18/h4-9,12,16,19,24H,1,10-11,13-15H2,2-3H3. The Hall–Kier alpha value is -2.29. The van der Waals surface area contributed by atoms with Gasteiger partial charge in [0.05, 0.1) is 17.2 Å². The highest BCUT2D eigenvalue weighted by molar-refractivity contribution is 7.89. The van der Waals surface area contributed by atoms with Crippen LogP contribution < -0.4 is 5.32 Å². The molecule has 1 aromatic heterocycles. The third-order valence-electron chi connectivity index (χ3n) is 6.21. The second-order valence-electron chi connectivity index (χ2n) is 8.37. The molecule has 0 saturated carbocycles. The summed E-state index contributed by atoms with van der Waals surface area (Å²) in [5.41, 5.74) is -0.0360. The average Bonchev–Trinajstić information content (AvgIpc) is 3.00. The van der Waals surface area contributed by atoms with Gasteiger partial charge in [0.1, 0.15) is 4.90 Å². The van der Waals surface area contributed by atoms with E-state index in [1.807, 2.05) is 30.9 Å². The first-order valence-corrected chi connectivity index (χ1v) is 11.8. The number of nitrogens with one attached hydrogen (secondary N) is 1. The second-order valence-corrected chi connectivity index (χ2v) is 10.3. The highest BCUT2D eigenvalue weighted by Crippen LogP contribution is 2.36. The van der Waals surface area contributed by atoms with Crippen molar-refractivity contribution < 1.29 is 13.2 Å². The number of hydrogen-bond acceptors (Lipinski definition) is 5. The number of para-hydroxylation sites is 1. The van der Waals surface area contributed by atoms with Crippen LogP contribution in [0.25, 0.3) is 10.9 Å². The molecule has 1 N–H and O–H groups in total. The minimum Gasteiger partial charge on any atom is -0.319 e. The first-order valence-electron chi connectivity index (χ1n) is 10.3. The van der Waals surface area contributed by atoms with Crippen LogP contribution in [0.4, 0.5) is 0 Å². The smallest absolute Gasteiger partial charge is 0.245 e. The van der Waals surface area contributed by atoms with E-state index in [0.29, 0.717) is 38.0 Å². The molecule has 3 heterocycles. The van der Waals surface area contributed by atoms with E-state index in [1.165, 1.54) is 4.31 Å². The fraction of sp³-hybridized carbons (Fsp3) is 0.455. The highest BCUT2D eigenvalue weighted by Gasteiger charge is 2.52. The molecule has 2 fully saturated rings. The Labute approximate surface area is 177 Å². The molecular formula is C22H28N4O3S. The van der Waals surface area contributed by atoms with E-state index in [9.17, 15) is 13.2 Å². The molecule has 2 aliphatic heterocycles. The normalized spacial score (nSPS) is 22.3. The van der Waals surface area contributed by atoms with Crippen LogP contribution in [0.1, 0.15) is 26.7 Å². The van der Waals surface area contributed by atoms with Crippen LogP contribution in [-0.2, 0) is 14.8 Å². The molecular weight excluding hydrogens is 400 g/mol. The van der Waals surface area contributed by atoms with Gasteiger partial charge >= 0.3 is 0 Å². The van der Waals surface area contributed by atoms with Gasteiger partial charge in [-0.05, 0) is 30.9 Å². The Bertz CT molecular complexity index is 1070. The summed E-state index contributed by atoms with van der Waals surface area (Å²) >= 11 is 0. The van der Waals surface area contributed by atoms with E-state index in [4.69, 9.17) is 0 Å². The van der Waals surface area contributed by atoms with Gasteiger partial charge in [-0.3, -0.25) is 15.1 Å². The van der Waals surface area contributed by atoms with Crippen LogP contribution in [0.3, 0.4) is 0 Å². The Balaban J connectivity index is 1.61. The van der Waals surface area contributed by atoms with Gasteiger partial charge < -0.3 is 4.90 Å². The van der Waals surface area contributed by atoms with Gasteiger partial charge in [-0.25, -0.2) is 8.42 Å². The SMILES string of the molecule is C=CCN1C(=O)C(C(C)C)NC12CCN(S(=O)(=O)c1cccc3cccnc13)CC2. The van der Waals surface area contributed by atoms with E-state index in [0.717, 1.165) is 5.39 Å². The highest BCUT2D eigenvalue weighted by atomic mass is 32.2. The zero-order valence-electron chi connectivity index (χ0n) is 17.4. The summed E-state index contributed by atoms with van der Waals surface area (Å²) in [5.74, 6) is 0.229. The number of amides is 1. The van der Waals surface area contributed by atoms with Crippen LogP contribution in [0.5, 0.6) is 0 Å². The zero-order valence-corrected chi connectivity index (χ0v) is 18.2. The Morgan fingerprint density at radius 1 is 1.27 bits per heavy atom. The molecule has 1 amide bonds. The minimum absolute atomic E-state index is 0.0689. The van der Waals surface area contributed by atoms with Crippen LogP contribution in [-0.4, -0.2) is 59.9 Å². The topological polar surface area (TPSA) is 82.6 Å². The molecule has 4 rings (SSSR count). The third kappa shape index (κ3) is 3.33. The fourth-order valence-corrected chi connectivity index (χ4v) is 6.19. The molecule has 8 heteroatoms. The van der Waals surface area contributed by atoms with Crippen molar-refractivity contribution in [3.8, 4) is 0 Å². The summed E-state index contributed by atoms with van der Waals surface area (Å²) in [6, 6.07) is 8.63. The lowest BCUT2D eigenvalue weighted by molar-refractivity contribution is -0.133. The Kier molecular flexibility index (Phi) is 5.42. The lowest BCUT2D eigenvalue weighted by Crippen LogP contribution is -2.59. The predicted octanol–water partition coefficient (Wildman–Crippen LogP) is 2.36. The Morgan fingerprint density at radius 3 is 2.63 bits per heavy atom. The Morgan fingerprint density at radius 2 is 1.97 bits per heavy atom. The molecule has 2 aromatic rings. The molecule has 30 heavy (non-hydrogen) atoms. The maximum Gasteiger partial charge on any atom is 0.245 e. The molecule has 160 valence electrons. The van der Waals surface area contributed by atoms with Gasteiger partial charge in [0.15, 0.2) is 0 Å². The molecule has 7 nitrogen and oxygen atoms in total. The lowest BCUT2D eigenvalue weighted by Gasteiger charge is -2.44. The number of aromatic nitrogens is 1. The second kappa shape index (κ2) is 7.76. The van der Waals surface area contributed by atoms with E-state index in [-0.39, 0.29) is 22.8 Å². The van der Waals surface area contributed by atoms with E-state index in [1.54, 1.807) is 30.5 Å². The number of sulfonamides is 1. The molecule has 0 radical (unpaired) electrons. The quantitative estimate of drug-likeness (QED) is 0.740. The molecule has 1 spiro atoms. The summed E-state index contributed by atoms with van der Waals surface area (Å²) in [6.45, 7) is 8.97. The van der Waals surface area contributed by atoms with E-state index < -0.39 is 15.7 Å². The zero-order chi connectivity index (χ0) is 21.5. The van der Waals surface area contributed by atoms with Crippen molar-refractivity contribution in [2.45, 2.75) is 43.3 Å². The van der Waals surface area contributed by atoms with Crippen molar-refractivity contribution in [2.24, 2.45) is 5.92 Å². The van der Waals surface area contributed by atoms with Crippen LogP contribution in [0.15, 0.2) is 54.1 Å².